The Labute approximate surface area is 246 Å². The molecule has 2 aromatic carbocycles. The molecule has 0 amide bonds. The summed E-state index contributed by atoms with van der Waals surface area (Å²) >= 11 is 3.77. The molecule has 2 aromatic rings. The molecule has 0 aromatic heterocycles. The van der Waals surface area contributed by atoms with Crippen molar-refractivity contribution in [2.75, 3.05) is 13.7 Å². The number of ketones is 3. The van der Waals surface area contributed by atoms with Gasteiger partial charge in [-0.2, -0.15) is 0 Å². The van der Waals surface area contributed by atoms with Crippen LogP contribution in [0.4, 0.5) is 0 Å². The summed E-state index contributed by atoms with van der Waals surface area (Å²) in [6.07, 6.45) is -5.12. The Morgan fingerprint density at radius 1 is 1.17 bits per heavy atom. The van der Waals surface area contributed by atoms with E-state index >= 15 is 0 Å². The molecule has 0 spiro atoms. The quantitative estimate of drug-likeness (QED) is 0.168. The first-order valence-corrected chi connectivity index (χ1v) is 13.9. The maximum absolute atomic E-state index is 13.6. The van der Waals surface area contributed by atoms with Crippen molar-refractivity contribution >= 4 is 27.9 Å². The molecule has 7 N–H and O–H groups in total. The average Bonchev–Trinajstić information content (AvgIpc) is 2.96. The molecule has 41 heavy (non-hydrogen) atoms. The molecule has 1 saturated heterocycles. The number of fused-ring (bicyclic) bond motifs is 3. The van der Waals surface area contributed by atoms with Gasteiger partial charge in [0.15, 0.2) is 17.9 Å². The summed E-state index contributed by atoms with van der Waals surface area (Å²) in [6.45, 7) is 0.560. The second-order valence-corrected chi connectivity index (χ2v) is 10.2. The number of phenolic OH excluding ortho intramolecular Hbond substituents is 2. The molecule has 1 aliphatic heterocycles. The molecule has 1 heterocycles. The van der Waals surface area contributed by atoms with Crippen molar-refractivity contribution in [2.24, 2.45) is 5.73 Å². The summed E-state index contributed by atoms with van der Waals surface area (Å²) in [5, 5.41) is 53.7. The normalized spacial score (nSPS) is 28.5. The molecule has 6 atom stereocenters. The molecular formula is C27H29CuNO11S. The predicted molar refractivity (Wildman–Crippen MR) is 139 cm³/mol. The number of carbonyl (C=O) groups is 3. The van der Waals surface area contributed by atoms with Crippen molar-refractivity contribution in [1.82, 2.24) is 0 Å². The predicted octanol–water partition coefficient (Wildman–Crippen LogP) is 0.647. The van der Waals surface area contributed by atoms with E-state index in [9.17, 15) is 39.9 Å². The molecule has 0 saturated carbocycles. The van der Waals surface area contributed by atoms with Gasteiger partial charge >= 0.3 is 24.9 Å². The number of aromatic hydroxyl groups is 2. The zero-order valence-electron chi connectivity index (χ0n) is 21.9. The Morgan fingerprint density at radius 2 is 1.83 bits per heavy atom. The van der Waals surface area contributed by atoms with Crippen molar-refractivity contribution in [3.05, 3.63) is 51.6 Å². The van der Waals surface area contributed by atoms with Crippen LogP contribution in [0.5, 0.6) is 17.2 Å². The minimum atomic E-state index is -2.24. The summed E-state index contributed by atoms with van der Waals surface area (Å²) in [4.78, 5) is 39.7. The number of ether oxygens (including phenoxy) is 3. The first-order valence-electron chi connectivity index (χ1n) is 12.5. The van der Waals surface area contributed by atoms with Crippen molar-refractivity contribution in [3.8, 4) is 17.2 Å². The van der Waals surface area contributed by atoms with E-state index in [0.717, 1.165) is 0 Å². The third-order valence-corrected chi connectivity index (χ3v) is 7.81. The molecule has 12 nitrogen and oxygen atoms in total. The number of benzene rings is 2. The van der Waals surface area contributed by atoms with E-state index in [1.165, 1.54) is 25.3 Å². The SMILES string of the molecule is COc1cccc2c1C(=O)c1c(O)c3c(c(O)c1C2=O)C[C@@](O)(C(=O)CO)C[C@@H]3OC1CC(N)C(O)C(C)O1.[S]=[Cu]. The topological polar surface area (TPSA) is 206 Å². The van der Waals surface area contributed by atoms with Crippen molar-refractivity contribution in [3.63, 3.8) is 0 Å². The average molecular weight is 639 g/mol. The Bertz CT molecular complexity index is 1410. The number of rotatable bonds is 5. The van der Waals surface area contributed by atoms with E-state index in [4.69, 9.17) is 19.9 Å². The molecule has 0 bridgehead atoms. The molecule has 2 aliphatic carbocycles. The minimum absolute atomic E-state index is 0.0173. The molecule has 225 valence electrons. The van der Waals surface area contributed by atoms with Gasteiger partial charge < -0.3 is 45.5 Å². The summed E-state index contributed by atoms with van der Waals surface area (Å²) in [5.41, 5.74) is 2.37. The molecule has 3 aliphatic rings. The summed E-state index contributed by atoms with van der Waals surface area (Å²) in [7, 11) is 4.97. The van der Waals surface area contributed by atoms with Gasteiger partial charge in [-0.1, -0.05) is 12.1 Å². The molecule has 4 unspecified atom stereocenters. The third-order valence-electron chi connectivity index (χ3n) is 7.81. The van der Waals surface area contributed by atoms with Gasteiger partial charge in [0.05, 0.1) is 42.1 Å². The van der Waals surface area contributed by atoms with Gasteiger partial charge in [0, 0.05) is 42.0 Å². The van der Waals surface area contributed by atoms with Crippen LogP contribution >= 0.6 is 10.6 Å². The van der Waals surface area contributed by atoms with E-state index in [2.05, 4.69) is 24.9 Å². The first kappa shape index (κ1) is 31.3. The second-order valence-electron chi connectivity index (χ2n) is 10.2. The number of hydrogen-bond acceptors (Lipinski definition) is 13. The number of aliphatic hydroxyl groups is 3. The monoisotopic (exact) mass is 638 g/mol. The molecule has 1 fully saturated rings. The third kappa shape index (κ3) is 5.13. The Morgan fingerprint density at radius 3 is 2.44 bits per heavy atom. The fraction of sp³-hybridized carbons (Fsp3) is 0.444. The van der Waals surface area contributed by atoms with Crippen molar-refractivity contribution < 1.29 is 68.5 Å². The van der Waals surface area contributed by atoms with Gasteiger partial charge in [0.2, 0.25) is 5.78 Å². The van der Waals surface area contributed by atoms with Crippen molar-refractivity contribution in [2.45, 2.75) is 62.4 Å². The van der Waals surface area contributed by atoms with E-state index in [1.54, 1.807) is 6.92 Å². The molecule has 5 rings (SSSR count). The Kier molecular flexibility index (Phi) is 9.09. The van der Waals surface area contributed by atoms with Crippen LogP contribution in [0, 0.1) is 0 Å². The van der Waals surface area contributed by atoms with E-state index in [-0.39, 0.29) is 34.4 Å². The number of Topliss-reactive ketones (excluding diaryl/α,β-unsaturated/α-hetero) is 1. The van der Waals surface area contributed by atoms with Crippen LogP contribution in [0.2, 0.25) is 0 Å². The molecular weight excluding hydrogens is 610 g/mol. The van der Waals surface area contributed by atoms with Crippen LogP contribution in [0.25, 0.3) is 0 Å². The fourth-order valence-electron chi connectivity index (χ4n) is 5.75. The van der Waals surface area contributed by atoms with Crippen LogP contribution in [0.1, 0.15) is 68.8 Å². The number of aliphatic hydroxyl groups excluding tert-OH is 2. The molecule has 14 heteroatoms. The van der Waals surface area contributed by atoms with E-state index < -0.39 is 95.7 Å². The van der Waals surface area contributed by atoms with Crippen LogP contribution in [-0.4, -0.2) is 86.7 Å². The summed E-state index contributed by atoms with van der Waals surface area (Å²) in [5.74, 6) is -3.77. The summed E-state index contributed by atoms with van der Waals surface area (Å²) < 4.78 is 17.0. The Balaban J connectivity index is 0.00000189. The van der Waals surface area contributed by atoms with Gasteiger partial charge in [-0.15, -0.1) is 0 Å². The first-order chi connectivity index (χ1) is 19.4. The number of hydrogen-bond donors (Lipinski definition) is 6. The fourth-order valence-corrected chi connectivity index (χ4v) is 5.75. The van der Waals surface area contributed by atoms with Crippen LogP contribution < -0.4 is 10.5 Å². The zero-order valence-corrected chi connectivity index (χ0v) is 23.7. The van der Waals surface area contributed by atoms with Gasteiger partial charge in [-0.05, 0) is 13.0 Å². The van der Waals surface area contributed by atoms with Gasteiger partial charge in [-0.25, -0.2) is 0 Å². The van der Waals surface area contributed by atoms with Gasteiger partial charge in [-0.3, -0.25) is 14.4 Å². The maximum atomic E-state index is 13.6. The zero-order chi connectivity index (χ0) is 30.4. The van der Waals surface area contributed by atoms with E-state index in [1.807, 2.05) is 0 Å². The number of carbonyl (C=O) groups excluding carboxylic acids is 3. The Hall–Kier alpha value is -2.65. The van der Waals surface area contributed by atoms with Gasteiger partial charge in [0.1, 0.15) is 29.5 Å². The molecule has 0 radical (unpaired) electrons. The second kappa shape index (κ2) is 11.9. The van der Waals surface area contributed by atoms with Crippen LogP contribution in [-0.2, 0) is 35.1 Å². The van der Waals surface area contributed by atoms with Gasteiger partial charge in [0.25, 0.3) is 0 Å². The summed E-state index contributed by atoms with van der Waals surface area (Å²) in [6, 6.07) is 3.64. The number of phenols is 2. The van der Waals surface area contributed by atoms with E-state index in [0.29, 0.717) is 0 Å². The standard InChI is InChI=1S/C27H29NO11.Cu.S/c1-10-22(31)13(28)6-17(38-10)39-15-8-27(36,16(30)9-29)7-12-19(15)26(35)21-20(24(12)33)23(32)11-4-3-5-14(37-2)18(11)25(21)34;;/h3-5,10,13,15,17,22,29,31,33,35-36H,6-9,28H2,1-2H3;;/t10?,13?,15-,17?,22?,27-;;/m0../s1. The van der Waals surface area contributed by atoms with Crippen LogP contribution in [0.15, 0.2) is 18.2 Å². The number of nitrogens with two attached hydrogens (primary N) is 1. The van der Waals surface area contributed by atoms with Crippen molar-refractivity contribution in [1.29, 1.82) is 0 Å². The number of methoxy groups -OCH3 is 1. The van der Waals surface area contributed by atoms with Crippen LogP contribution in [0.3, 0.4) is 0 Å².